The zero-order valence-corrected chi connectivity index (χ0v) is 72.1. The minimum absolute atomic E-state index is 0.0393. The third kappa shape index (κ3) is 29.1. The molecule has 0 saturated carbocycles. The lowest BCUT2D eigenvalue weighted by atomic mass is 9.87. The van der Waals surface area contributed by atoms with Crippen molar-refractivity contribution in [2.45, 2.75) is 319 Å². The van der Waals surface area contributed by atoms with Crippen molar-refractivity contribution >= 4 is 49.6 Å². The molecule has 4 saturated heterocycles. The Kier molecular flexibility index (Phi) is 31.8. The Balaban J connectivity index is 0.000000261. The average Bonchev–Trinajstić information content (AvgIpc) is 1.65. The molecule has 8 heterocycles. The number of rotatable bonds is 20. The normalized spacial score (nSPS) is 27.6. The molecule has 4 aliphatic rings. The smallest absolute Gasteiger partial charge is 0.383 e. The number of hydrogen-bond donors (Lipinski definition) is 6. The van der Waals surface area contributed by atoms with Crippen LogP contribution in [0.1, 0.15) is 222 Å². The fraction of sp³-hybridized carbons (Fsp3) is 0.781. The van der Waals surface area contributed by atoms with Crippen molar-refractivity contribution in [2.24, 2.45) is 21.7 Å². The fourth-order valence-corrected chi connectivity index (χ4v) is 16.4. The summed E-state index contributed by atoms with van der Waals surface area (Å²) in [5.74, 6) is 0.603. The van der Waals surface area contributed by atoms with Crippen LogP contribution in [-0.4, -0.2) is 172 Å². The van der Waals surface area contributed by atoms with Gasteiger partial charge in [0.1, 0.15) is 72.1 Å². The van der Waals surface area contributed by atoms with E-state index in [4.69, 9.17) is 100 Å². The number of aromatic nitrogens is 8. The molecule has 4 aliphatic heterocycles. The van der Waals surface area contributed by atoms with Crippen molar-refractivity contribution in [3.05, 3.63) is 90.5 Å². The molecule has 4 aromatic heterocycles. The van der Waals surface area contributed by atoms with Gasteiger partial charge < -0.3 is 84.6 Å². The Hall–Kier alpha value is -5.04. The van der Waals surface area contributed by atoms with Crippen LogP contribution >= 0.6 is 14.5 Å². The molecule has 4 fully saturated rings. The van der Waals surface area contributed by atoms with Gasteiger partial charge in [0.05, 0.1) is 46.8 Å². The molecule has 4 aromatic rings. The Bertz CT molecular complexity index is 3840. The van der Waals surface area contributed by atoms with E-state index in [1.54, 1.807) is 74.2 Å². The number of nitrogens with zero attached hydrogens (tertiary/aromatic N) is 8. The van der Waals surface area contributed by atoms with Gasteiger partial charge >= 0.3 is 37.3 Å². The molecular weight excluding hydrogens is 1470 g/mol. The first-order valence-electron chi connectivity index (χ1n) is 36.4. The summed E-state index contributed by atoms with van der Waals surface area (Å²) in [6, 6.07) is 4.54. The zero-order valence-electron chi connectivity index (χ0n) is 69.4. The van der Waals surface area contributed by atoms with Gasteiger partial charge in [0.15, 0.2) is 24.9 Å². The summed E-state index contributed by atoms with van der Waals surface area (Å²) in [5.41, 5.74) is 18.6. The zero-order chi connectivity index (χ0) is 83.2. The third-order valence-corrected chi connectivity index (χ3v) is 19.6. The van der Waals surface area contributed by atoms with Gasteiger partial charge in [0.25, 0.3) is 0 Å². The van der Waals surface area contributed by atoms with Crippen molar-refractivity contribution in [1.82, 2.24) is 38.2 Å². The van der Waals surface area contributed by atoms with Crippen molar-refractivity contribution in [3.8, 4) is 0 Å². The molecule has 36 heteroatoms. The fourth-order valence-electron chi connectivity index (χ4n) is 12.8. The molecule has 33 nitrogen and oxygen atoms in total. The van der Waals surface area contributed by atoms with E-state index in [0.717, 1.165) is 18.4 Å². The van der Waals surface area contributed by atoms with E-state index in [2.05, 4.69) is 82.2 Å². The van der Waals surface area contributed by atoms with Gasteiger partial charge in [-0.05, 0) is 167 Å². The van der Waals surface area contributed by atoms with Crippen LogP contribution in [0.3, 0.4) is 0 Å². The molecule has 8 rings (SSSR count). The summed E-state index contributed by atoms with van der Waals surface area (Å²) in [7, 11) is 1.68. The van der Waals surface area contributed by atoms with Gasteiger partial charge in [0, 0.05) is 58.8 Å². The van der Waals surface area contributed by atoms with Crippen LogP contribution in [0.15, 0.2) is 62.2 Å². The van der Waals surface area contributed by atoms with Crippen molar-refractivity contribution < 1.29 is 79.8 Å². The third-order valence-electron chi connectivity index (χ3n) is 16.6. The highest BCUT2D eigenvalue weighted by Crippen LogP contribution is 2.55. The summed E-state index contributed by atoms with van der Waals surface area (Å²) < 4.78 is 100. The maximum absolute atomic E-state index is 12.6. The molecule has 0 spiro atoms. The van der Waals surface area contributed by atoms with E-state index in [-0.39, 0.29) is 80.5 Å². The topological polar surface area (TPSA) is 430 Å². The Morgan fingerprint density at radius 1 is 0.413 bits per heavy atom. The highest BCUT2D eigenvalue weighted by atomic mass is 32.5. The molecular formula is C73H128N12O21P2S. The molecule has 0 aromatic carbocycles. The number of ether oxygens (including phenoxy) is 10. The predicted molar refractivity (Wildman–Crippen MR) is 418 cm³/mol. The van der Waals surface area contributed by atoms with E-state index in [9.17, 15) is 33.5 Å². The van der Waals surface area contributed by atoms with Crippen LogP contribution in [-0.2, 0) is 81.8 Å². The Morgan fingerprint density at radius 2 is 0.679 bits per heavy atom. The highest BCUT2D eigenvalue weighted by molar-refractivity contribution is 8.07. The number of phosphoric ester groups is 1. The van der Waals surface area contributed by atoms with Gasteiger partial charge in [-0.25, -0.2) is 23.7 Å². The van der Waals surface area contributed by atoms with Crippen molar-refractivity contribution in [2.75, 3.05) is 51.4 Å². The average molecular weight is 1600 g/mol. The second-order valence-electron chi connectivity index (χ2n) is 36.6. The van der Waals surface area contributed by atoms with Crippen LogP contribution < -0.4 is 45.7 Å². The van der Waals surface area contributed by atoms with Gasteiger partial charge in [-0.15, -0.1) is 0 Å². The van der Waals surface area contributed by atoms with E-state index in [1.165, 1.54) is 57.0 Å². The summed E-state index contributed by atoms with van der Waals surface area (Å²) in [4.78, 5) is 85.5. The molecule has 0 bridgehead atoms. The monoisotopic (exact) mass is 1600 g/mol. The lowest BCUT2D eigenvalue weighted by molar-refractivity contribution is -0.124. The van der Waals surface area contributed by atoms with E-state index in [1.807, 2.05) is 69.2 Å². The predicted octanol–water partition coefficient (Wildman–Crippen LogP) is 10.1. The molecule has 109 heavy (non-hydrogen) atoms. The first-order valence-corrected chi connectivity index (χ1v) is 40.5. The SMILES string of the molecule is COC1[C@@H](OC(C)(C)C)[C@@H](CC(C)(C)C)O[C@H]1n1cc(C)c(N)nc1=O.COC1[C@@H](OC(C)(C)C)[C@@H](CC(C)(C)C)O[C@H]1n1ccc(N)nc1=O.COC1[C@@H](OP(=O)(O)OC(C)(C)C)[C@@H](CC(C)(C)C)O[C@H]1n1ccc(N)nc1=O.COC1[C@@H](OP(O)(=S)OC(C)(C)C)[C@@H](CC(C)(C)C)O[C@H]1n1ccc(N)nc1=O. The Labute approximate surface area is 647 Å². The number of phosphoric acid groups is 1. The number of aryl methyl sites for hydroxylation is 1. The first kappa shape index (κ1) is 94.6. The number of anilines is 4. The molecule has 10 N–H and O–H groups in total. The van der Waals surface area contributed by atoms with Crippen LogP contribution in [0, 0.1) is 28.6 Å². The molecule has 622 valence electrons. The summed E-state index contributed by atoms with van der Waals surface area (Å²) in [6.07, 6.45) is -0.329. The van der Waals surface area contributed by atoms with Crippen LogP contribution in [0.25, 0.3) is 0 Å². The van der Waals surface area contributed by atoms with E-state index in [0.29, 0.717) is 12.8 Å². The van der Waals surface area contributed by atoms with E-state index < -0.39 is 122 Å². The van der Waals surface area contributed by atoms with Gasteiger partial charge in [-0.1, -0.05) is 83.1 Å². The van der Waals surface area contributed by atoms with Crippen molar-refractivity contribution in [3.63, 3.8) is 0 Å². The summed E-state index contributed by atoms with van der Waals surface area (Å²) in [6.45, 7) is 45.6. The lowest BCUT2D eigenvalue weighted by Gasteiger charge is -2.32. The summed E-state index contributed by atoms with van der Waals surface area (Å²) >= 11 is 5.24. The minimum atomic E-state index is -4.44. The molecule has 18 atom stereocenters. The Morgan fingerprint density at radius 3 is 0.945 bits per heavy atom. The number of nitrogens with two attached hydrogens (primary N) is 4. The molecule has 0 aliphatic carbocycles. The second-order valence-corrected chi connectivity index (χ2v) is 40.7. The molecule has 0 amide bonds. The number of nitrogen functional groups attached to an aromatic ring is 4. The van der Waals surface area contributed by atoms with Crippen LogP contribution in [0.5, 0.6) is 0 Å². The van der Waals surface area contributed by atoms with Gasteiger partial charge in [-0.2, -0.15) is 19.9 Å². The maximum Gasteiger partial charge on any atom is 0.473 e. The van der Waals surface area contributed by atoms with Gasteiger partial charge in [-0.3, -0.25) is 31.8 Å². The standard InChI is InChI=1S/C19H33N3O4.C18H32N3O7P.C18H32N3O6PS.C18H31N3O4/c1-11-10-22(17(23)21-15(11)20)16-14(24-8)13(26-19(5,6)7)12(25-16)9-18(2,3)4;1-17(2,3)10-11-13(27-29(23,24)28-18(4,5)6)14(25-7)15(26-11)21-9-8-12(19)20-16(21)22;1-17(2,3)10-11-13(26-28(23,29)27-18(4,5)6)14(24-7)15(25-11)21-9-8-12(19)20-16(21)22;1-17(2,3)10-11-13(25-18(4,5)6)14(23-7)15(24-11)21-9-8-12(19)20-16(21)22/h10,12-14,16H,9H2,1-8H3,(H2,20,21,23);8-9,11,13-15H,10H2,1-7H3,(H,23,24)(H2,19,20,22);8-9,11,13-15H,10H2,1-7H3,(H,23,29)(H2,19,20,22);8-9,11,13-15H,10H2,1-7H3,(H2,19,20,22)/t12-,13+,14?,16-;11-,13+,14?,15-;11-,13+,14?,15-,28?;11-,13+,14?,15-/m1111/s1. The second kappa shape index (κ2) is 36.6. The van der Waals surface area contributed by atoms with Crippen LogP contribution in [0.4, 0.5) is 23.3 Å². The van der Waals surface area contributed by atoms with Crippen molar-refractivity contribution in [1.29, 1.82) is 0 Å². The summed E-state index contributed by atoms with van der Waals surface area (Å²) in [5, 5.41) is 0. The highest BCUT2D eigenvalue weighted by Gasteiger charge is 2.55. The van der Waals surface area contributed by atoms with Crippen LogP contribution in [0.2, 0.25) is 0 Å². The maximum atomic E-state index is 12.6. The molecule has 0 radical (unpaired) electrons. The quantitative estimate of drug-likeness (QED) is 0.0448. The lowest BCUT2D eigenvalue weighted by Crippen LogP contribution is -2.43. The van der Waals surface area contributed by atoms with Gasteiger partial charge in [0.2, 0.25) is 0 Å². The van der Waals surface area contributed by atoms with E-state index >= 15 is 0 Å². The number of methoxy groups -OCH3 is 4. The number of hydrogen-bond acceptors (Lipinski definition) is 28. The largest absolute Gasteiger partial charge is 0.473 e. The first-order chi connectivity index (χ1) is 49.5. The minimum Gasteiger partial charge on any atom is -0.383 e. The molecule has 6 unspecified atom stereocenters.